The summed E-state index contributed by atoms with van der Waals surface area (Å²) in [7, 11) is 0. The Morgan fingerprint density at radius 2 is 1.80 bits per heavy atom. The molecule has 2 saturated carbocycles. The topological polar surface area (TPSA) is 20.2 Å². The van der Waals surface area contributed by atoms with E-state index in [0.29, 0.717) is 29.7 Å². The summed E-state index contributed by atoms with van der Waals surface area (Å²) in [6.07, 6.45) is 0.341. The first-order valence-corrected chi connectivity index (χ1v) is 7.31. The van der Waals surface area contributed by atoms with Gasteiger partial charge in [-0.05, 0) is 48.6 Å². The zero-order chi connectivity index (χ0) is 14.3. The summed E-state index contributed by atoms with van der Waals surface area (Å²) in [4.78, 5) is 0. The van der Waals surface area contributed by atoms with Crippen LogP contribution in [0.5, 0.6) is 0 Å². The molecule has 0 heterocycles. The van der Waals surface area contributed by atoms with E-state index in [-0.39, 0.29) is 0 Å². The molecule has 3 atom stereocenters. The van der Waals surface area contributed by atoms with Crippen LogP contribution in [0.25, 0.3) is 0 Å². The van der Waals surface area contributed by atoms with Gasteiger partial charge >= 0.3 is 6.18 Å². The lowest BCUT2D eigenvalue weighted by atomic mass is 10.0. The van der Waals surface area contributed by atoms with Gasteiger partial charge in [-0.1, -0.05) is 31.0 Å². The van der Waals surface area contributed by atoms with Crippen LogP contribution in [-0.4, -0.2) is 11.2 Å². The Bertz CT molecular complexity index is 471. The van der Waals surface area contributed by atoms with Crippen LogP contribution >= 0.6 is 0 Å². The van der Waals surface area contributed by atoms with Crippen molar-refractivity contribution in [3.63, 3.8) is 0 Å². The fraction of sp³-hybridized carbons (Fsp3) is 0.625. The molecule has 2 aliphatic carbocycles. The lowest BCUT2D eigenvalue weighted by molar-refractivity contribution is -0.137. The lowest BCUT2D eigenvalue weighted by Gasteiger charge is -2.13. The van der Waals surface area contributed by atoms with Crippen molar-refractivity contribution in [2.75, 3.05) is 0 Å². The molecule has 0 aromatic heterocycles. The van der Waals surface area contributed by atoms with Crippen LogP contribution in [0.1, 0.15) is 36.8 Å². The number of fused-ring (bicyclic) bond motifs is 1. The van der Waals surface area contributed by atoms with Gasteiger partial charge in [0.05, 0.1) is 11.7 Å². The Hall–Kier alpha value is -1.03. The molecule has 20 heavy (non-hydrogen) atoms. The van der Waals surface area contributed by atoms with E-state index < -0.39 is 17.8 Å². The molecular weight excluding hydrogens is 265 g/mol. The smallest absolute Gasteiger partial charge is 0.392 e. The van der Waals surface area contributed by atoms with E-state index in [1.165, 1.54) is 31.7 Å². The highest BCUT2D eigenvalue weighted by atomic mass is 19.4. The van der Waals surface area contributed by atoms with E-state index >= 15 is 0 Å². The molecule has 0 amide bonds. The third-order valence-electron chi connectivity index (χ3n) is 4.87. The molecule has 1 aromatic carbocycles. The van der Waals surface area contributed by atoms with Crippen molar-refractivity contribution in [2.45, 2.75) is 44.4 Å². The average Bonchev–Trinajstić information content (AvgIpc) is 3.12. The van der Waals surface area contributed by atoms with Crippen molar-refractivity contribution in [1.82, 2.24) is 0 Å². The molecule has 1 nitrogen and oxygen atoms in total. The van der Waals surface area contributed by atoms with Crippen LogP contribution in [0, 0.1) is 17.8 Å². The summed E-state index contributed by atoms with van der Waals surface area (Å²) >= 11 is 0. The van der Waals surface area contributed by atoms with Crippen LogP contribution in [0.15, 0.2) is 24.3 Å². The Labute approximate surface area is 116 Å². The maximum absolute atomic E-state index is 12.7. The first-order valence-electron chi connectivity index (χ1n) is 7.31. The van der Waals surface area contributed by atoms with Gasteiger partial charge in [-0.2, -0.15) is 13.2 Å². The third-order valence-corrected chi connectivity index (χ3v) is 4.87. The highest BCUT2D eigenvalue weighted by molar-refractivity contribution is 5.26. The van der Waals surface area contributed by atoms with Crippen molar-refractivity contribution in [1.29, 1.82) is 0 Å². The fourth-order valence-corrected chi connectivity index (χ4v) is 3.87. The van der Waals surface area contributed by atoms with Crippen molar-refractivity contribution in [3.05, 3.63) is 35.4 Å². The SMILES string of the molecule is OC(Cc1cccc(C(F)(F)F)c1)C1C2CCCCC21. The lowest BCUT2D eigenvalue weighted by Crippen LogP contribution is -2.16. The monoisotopic (exact) mass is 284 g/mol. The number of hydrogen-bond donors (Lipinski definition) is 1. The van der Waals surface area contributed by atoms with Gasteiger partial charge in [-0.3, -0.25) is 0 Å². The van der Waals surface area contributed by atoms with Gasteiger partial charge in [-0.25, -0.2) is 0 Å². The molecule has 2 aliphatic rings. The van der Waals surface area contributed by atoms with Crippen LogP contribution in [-0.2, 0) is 12.6 Å². The number of rotatable bonds is 3. The quantitative estimate of drug-likeness (QED) is 0.888. The molecule has 0 spiro atoms. The number of halogens is 3. The van der Waals surface area contributed by atoms with Crippen molar-refractivity contribution in [2.24, 2.45) is 17.8 Å². The number of alkyl halides is 3. The Morgan fingerprint density at radius 3 is 2.40 bits per heavy atom. The Kier molecular flexibility index (Phi) is 3.53. The number of hydrogen-bond acceptors (Lipinski definition) is 1. The second kappa shape index (κ2) is 5.06. The molecule has 3 unspecified atom stereocenters. The van der Waals surface area contributed by atoms with Crippen LogP contribution < -0.4 is 0 Å². The van der Waals surface area contributed by atoms with Crippen LogP contribution in [0.2, 0.25) is 0 Å². The summed E-state index contributed by atoms with van der Waals surface area (Å²) < 4.78 is 38.0. The summed E-state index contributed by atoms with van der Waals surface area (Å²) in [5.74, 6) is 1.54. The van der Waals surface area contributed by atoms with E-state index in [1.807, 2.05) is 0 Å². The summed E-state index contributed by atoms with van der Waals surface area (Å²) in [6.45, 7) is 0. The van der Waals surface area contributed by atoms with Gasteiger partial charge in [0, 0.05) is 0 Å². The highest BCUT2D eigenvalue weighted by Crippen LogP contribution is 2.57. The van der Waals surface area contributed by atoms with Crippen molar-refractivity contribution < 1.29 is 18.3 Å². The standard InChI is InChI=1S/C16H19F3O/c17-16(18,19)11-5-3-4-10(8-11)9-14(20)15-12-6-1-2-7-13(12)15/h3-5,8,12-15,20H,1-2,6-7,9H2. The molecular formula is C16H19F3O. The normalized spacial score (nSPS) is 30.7. The summed E-state index contributed by atoms with van der Waals surface area (Å²) in [6, 6.07) is 5.33. The van der Waals surface area contributed by atoms with Crippen LogP contribution in [0.3, 0.4) is 0 Å². The Balaban J connectivity index is 1.66. The Morgan fingerprint density at radius 1 is 1.15 bits per heavy atom. The van der Waals surface area contributed by atoms with E-state index in [4.69, 9.17) is 0 Å². The van der Waals surface area contributed by atoms with Crippen molar-refractivity contribution >= 4 is 0 Å². The van der Waals surface area contributed by atoms with E-state index in [9.17, 15) is 18.3 Å². The van der Waals surface area contributed by atoms with E-state index in [0.717, 1.165) is 12.1 Å². The van der Waals surface area contributed by atoms with E-state index in [2.05, 4.69) is 0 Å². The molecule has 0 bridgehead atoms. The van der Waals surface area contributed by atoms with Crippen molar-refractivity contribution in [3.8, 4) is 0 Å². The maximum Gasteiger partial charge on any atom is 0.416 e. The maximum atomic E-state index is 12.7. The second-order valence-corrected chi connectivity index (χ2v) is 6.16. The molecule has 0 saturated heterocycles. The van der Waals surface area contributed by atoms with Gasteiger partial charge < -0.3 is 5.11 Å². The number of aliphatic hydroxyl groups is 1. The molecule has 0 radical (unpaired) electrons. The van der Waals surface area contributed by atoms with Gasteiger partial charge in [-0.15, -0.1) is 0 Å². The summed E-state index contributed by atoms with van der Waals surface area (Å²) in [5.41, 5.74) is -0.0496. The van der Waals surface area contributed by atoms with Crippen LogP contribution in [0.4, 0.5) is 13.2 Å². The fourth-order valence-electron chi connectivity index (χ4n) is 3.87. The predicted octanol–water partition coefficient (Wildman–Crippen LogP) is 4.05. The number of benzene rings is 1. The average molecular weight is 284 g/mol. The molecule has 1 N–H and O–H groups in total. The molecule has 110 valence electrons. The third kappa shape index (κ3) is 2.71. The van der Waals surface area contributed by atoms with Gasteiger partial charge in [0.15, 0.2) is 0 Å². The second-order valence-electron chi connectivity index (χ2n) is 6.16. The van der Waals surface area contributed by atoms with Gasteiger partial charge in [0.25, 0.3) is 0 Å². The largest absolute Gasteiger partial charge is 0.416 e. The number of aliphatic hydroxyl groups excluding tert-OH is 1. The predicted molar refractivity (Wildman–Crippen MR) is 70.1 cm³/mol. The first-order chi connectivity index (χ1) is 9.47. The highest BCUT2D eigenvalue weighted by Gasteiger charge is 2.53. The summed E-state index contributed by atoms with van der Waals surface area (Å²) in [5, 5.41) is 10.3. The minimum absolute atomic E-state index is 0.312. The molecule has 2 fully saturated rings. The zero-order valence-electron chi connectivity index (χ0n) is 11.2. The molecule has 4 heteroatoms. The van der Waals surface area contributed by atoms with Gasteiger partial charge in [0.2, 0.25) is 0 Å². The zero-order valence-corrected chi connectivity index (χ0v) is 11.2. The van der Waals surface area contributed by atoms with Gasteiger partial charge in [0.1, 0.15) is 0 Å². The van der Waals surface area contributed by atoms with E-state index in [1.54, 1.807) is 6.07 Å². The molecule has 1 aromatic rings. The molecule has 0 aliphatic heterocycles. The minimum atomic E-state index is -4.31. The minimum Gasteiger partial charge on any atom is -0.392 e. The molecule has 3 rings (SSSR count). The first kappa shape index (κ1) is 13.9.